The van der Waals surface area contributed by atoms with Crippen molar-refractivity contribution in [1.29, 1.82) is 0 Å². The molecular weight excluding hydrogens is 251 g/mol. The highest BCUT2D eigenvalue weighted by atomic mass is 127. The summed E-state index contributed by atoms with van der Waals surface area (Å²) in [5.41, 5.74) is -0.0980. The topological polar surface area (TPSA) is 75.4 Å². The Morgan fingerprint density at radius 1 is 1.90 bits per heavy atom. The summed E-state index contributed by atoms with van der Waals surface area (Å²) in [6.07, 6.45) is 1.07. The van der Waals surface area contributed by atoms with Crippen LogP contribution >= 0.6 is 22.9 Å². The lowest BCUT2D eigenvalue weighted by Gasteiger charge is -1.82. The maximum atomic E-state index is 10.2. The van der Waals surface area contributed by atoms with Crippen molar-refractivity contribution >= 4 is 34.8 Å². The van der Waals surface area contributed by atoms with Crippen LogP contribution in [0.4, 0.5) is 6.01 Å². The minimum absolute atomic E-state index is 0.0980. The summed E-state index contributed by atoms with van der Waals surface area (Å²) in [6.45, 7) is 0. The molecule has 5 nitrogen and oxygen atoms in total. The lowest BCUT2D eigenvalue weighted by molar-refractivity contribution is 0.0690. The lowest BCUT2D eigenvalue weighted by Crippen LogP contribution is -1.95. The molecule has 0 aliphatic rings. The standard InChI is InChI=1S/C4H3IN2O3/c5-7-4-6-2(1-10-4)3(8)9/h1H,(H,6,7)(H,8,9). The molecule has 6 heteroatoms. The molecule has 0 radical (unpaired) electrons. The van der Waals surface area contributed by atoms with Gasteiger partial charge in [-0.3, -0.25) is 3.53 Å². The van der Waals surface area contributed by atoms with Crippen LogP contribution in [0.1, 0.15) is 10.5 Å². The van der Waals surface area contributed by atoms with Crippen LogP contribution in [0, 0.1) is 0 Å². The Balaban J connectivity index is 2.88. The number of rotatable bonds is 2. The molecule has 54 valence electrons. The van der Waals surface area contributed by atoms with Crippen LogP contribution in [0.2, 0.25) is 0 Å². The Morgan fingerprint density at radius 2 is 2.60 bits per heavy atom. The van der Waals surface area contributed by atoms with Gasteiger partial charge in [0.15, 0.2) is 5.69 Å². The Morgan fingerprint density at radius 3 is 2.90 bits per heavy atom. The maximum Gasteiger partial charge on any atom is 0.357 e. The van der Waals surface area contributed by atoms with E-state index in [9.17, 15) is 4.79 Å². The van der Waals surface area contributed by atoms with Crippen LogP contribution in [0.5, 0.6) is 0 Å². The Hall–Kier alpha value is -0.790. The molecule has 0 aliphatic carbocycles. The fourth-order valence-corrected chi connectivity index (χ4v) is 0.663. The molecule has 0 atom stereocenters. The number of carboxylic acids is 1. The molecule has 0 bridgehead atoms. The van der Waals surface area contributed by atoms with Gasteiger partial charge in [-0.1, -0.05) is 0 Å². The number of halogens is 1. The molecule has 0 saturated heterocycles. The SMILES string of the molecule is O=C(O)c1coc(NI)n1. The van der Waals surface area contributed by atoms with E-state index >= 15 is 0 Å². The van der Waals surface area contributed by atoms with Crippen LogP contribution in [0.3, 0.4) is 0 Å². The average molecular weight is 254 g/mol. The van der Waals surface area contributed by atoms with E-state index < -0.39 is 5.97 Å². The van der Waals surface area contributed by atoms with Gasteiger partial charge in [0.05, 0.1) is 22.9 Å². The van der Waals surface area contributed by atoms with Crippen LogP contribution in [0.25, 0.3) is 0 Å². The molecule has 0 saturated carbocycles. The predicted octanol–water partition coefficient (Wildman–Crippen LogP) is 1.13. The third-order valence-corrected chi connectivity index (χ3v) is 1.27. The van der Waals surface area contributed by atoms with Gasteiger partial charge in [-0.2, -0.15) is 4.98 Å². The molecule has 1 rings (SSSR count). The van der Waals surface area contributed by atoms with E-state index in [1.54, 1.807) is 22.9 Å². The fourth-order valence-electron chi connectivity index (χ4n) is 0.415. The van der Waals surface area contributed by atoms with Gasteiger partial charge in [0, 0.05) is 0 Å². The first-order valence-corrected chi connectivity index (χ1v) is 3.37. The number of aromatic nitrogens is 1. The van der Waals surface area contributed by atoms with Crippen molar-refractivity contribution in [3.63, 3.8) is 0 Å². The average Bonchev–Trinajstić information content (AvgIpc) is 2.34. The third kappa shape index (κ3) is 1.38. The summed E-state index contributed by atoms with van der Waals surface area (Å²) in [7, 11) is 0. The van der Waals surface area contributed by atoms with Crippen molar-refractivity contribution in [3.8, 4) is 0 Å². The molecule has 0 fully saturated rings. The van der Waals surface area contributed by atoms with Gasteiger partial charge in [-0.05, 0) is 0 Å². The van der Waals surface area contributed by atoms with E-state index in [0.29, 0.717) is 0 Å². The van der Waals surface area contributed by atoms with Crippen molar-refractivity contribution < 1.29 is 14.3 Å². The van der Waals surface area contributed by atoms with Crippen LogP contribution < -0.4 is 3.53 Å². The van der Waals surface area contributed by atoms with Crippen molar-refractivity contribution in [3.05, 3.63) is 12.0 Å². The van der Waals surface area contributed by atoms with Crippen LogP contribution in [0.15, 0.2) is 10.7 Å². The Labute approximate surface area is 69.9 Å². The number of anilines is 1. The first-order valence-electron chi connectivity index (χ1n) is 2.29. The number of oxazole rings is 1. The van der Waals surface area contributed by atoms with Crippen molar-refractivity contribution in [2.24, 2.45) is 0 Å². The van der Waals surface area contributed by atoms with Gasteiger partial charge in [0.25, 0.3) is 0 Å². The molecule has 10 heavy (non-hydrogen) atoms. The number of carboxylic acid groups (broad SMARTS) is 1. The molecule has 1 aromatic rings. The number of aromatic carboxylic acids is 1. The van der Waals surface area contributed by atoms with Gasteiger partial charge in [0.2, 0.25) is 0 Å². The highest BCUT2D eigenvalue weighted by Gasteiger charge is 2.08. The lowest BCUT2D eigenvalue weighted by atomic mass is 10.5. The smallest absolute Gasteiger partial charge is 0.357 e. The van der Waals surface area contributed by atoms with E-state index in [0.717, 1.165) is 6.26 Å². The van der Waals surface area contributed by atoms with Crippen molar-refractivity contribution in [2.45, 2.75) is 0 Å². The van der Waals surface area contributed by atoms with Crippen molar-refractivity contribution in [2.75, 3.05) is 3.53 Å². The molecule has 2 N–H and O–H groups in total. The monoisotopic (exact) mass is 254 g/mol. The minimum atomic E-state index is -1.10. The zero-order valence-electron chi connectivity index (χ0n) is 4.67. The van der Waals surface area contributed by atoms with E-state index in [4.69, 9.17) is 5.11 Å². The van der Waals surface area contributed by atoms with Crippen LogP contribution in [-0.2, 0) is 0 Å². The van der Waals surface area contributed by atoms with Gasteiger partial charge in [-0.15, -0.1) is 0 Å². The minimum Gasteiger partial charge on any atom is -0.476 e. The molecule has 0 amide bonds. The molecule has 0 unspecified atom stereocenters. The largest absolute Gasteiger partial charge is 0.476 e. The normalized spacial score (nSPS) is 9.30. The van der Waals surface area contributed by atoms with Gasteiger partial charge in [-0.25, -0.2) is 4.79 Å². The summed E-state index contributed by atoms with van der Waals surface area (Å²) >= 11 is 1.79. The Kier molecular flexibility index (Phi) is 2.10. The second-order valence-corrected chi connectivity index (χ2v) is 1.98. The molecule has 1 heterocycles. The molecule has 0 aromatic carbocycles. The van der Waals surface area contributed by atoms with E-state index in [1.165, 1.54) is 0 Å². The van der Waals surface area contributed by atoms with Crippen LogP contribution in [-0.4, -0.2) is 16.1 Å². The fraction of sp³-hybridized carbons (Fsp3) is 0. The second kappa shape index (κ2) is 2.86. The quantitative estimate of drug-likeness (QED) is 0.611. The summed E-state index contributed by atoms with van der Waals surface area (Å²) < 4.78 is 7.20. The maximum absolute atomic E-state index is 10.2. The summed E-state index contributed by atoms with van der Waals surface area (Å²) in [4.78, 5) is 13.7. The number of nitrogens with one attached hydrogen (secondary N) is 1. The van der Waals surface area contributed by atoms with Gasteiger partial charge in [0.1, 0.15) is 6.26 Å². The highest BCUT2D eigenvalue weighted by Crippen LogP contribution is 2.08. The number of hydrogen-bond donors (Lipinski definition) is 2. The van der Waals surface area contributed by atoms with Crippen molar-refractivity contribution in [1.82, 2.24) is 4.98 Å². The zero-order chi connectivity index (χ0) is 7.56. The van der Waals surface area contributed by atoms with E-state index in [2.05, 4.69) is 12.9 Å². The third-order valence-electron chi connectivity index (χ3n) is 0.804. The summed E-state index contributed by atoms with van der Waals surface area (Å²) in [5.74, 6) is -1.10. The first-order chi connectivity index (χ1) is 4.74. The van der Waals surface area contributed by atoms with E-state index in [1.807, 2.05) is 0 Å². The summed E-state index contributed by atoms with van der Waals surface area (Å²) in [6, 6.07) is 0.193. The highest BCUT2D eigenvalue weighted by molar-refractivity contribution is 14.1. The number of nitrogens with zero attached hydrogens (tertiary/aromatic N) is 1. The molecule has 1 aromatic heterocycles. The zero-order valence-corrected chi connectivity index (χ0v) is 6.82. The summed E-state index contributed by atoms with van der Waals surface area (Å²) in [5, 5.41) is 8.34. The van der Waals surface area contributed by atoms with E-state index in [-0.39, 0.29) is 11.7 Å². The first kappa shape index (κ1) is 7.32. The van der Waals surface area contributed by atoms with Gasteiger partial charge < -0.3 is 9.52 Å². The molecular formula is C4H3IN2O3. The Bertz CT molecular complexity index is 246. The van der Waals surface area contributed by atoms with Gasteiger partial charge >= 0.3 is 12.0 Å². The number of carbonyl (C=O) groups is 1. The molecule has 0 aliphatic heterocycles. The molecule has 0 spiro atoms. The second-order valence-electron chi connectivity index (χ2n) is 1.44. The predicted molar refractivity (Wildman–Crippen MR) is 41.1 cm³/mol. The number of hydrogen-bond acceptors (Lipinski definition) is 4.